The third-order valence-corrected chi connectivity index (χ3v) is 1.69. The van der Waals surface area contributed by atoms with Crippen molar-refractivity contribution in [2.24, 2.45) is 5.92 Å². The summed E-state index contributed by atoms with van der Waals surface area (Å²) in [4.78, 5) is 3.82. The van der Waals surface area contributed by atoms with Gasteiger partial charge >= 0.3 is 0 Å². The Labute approximate surface area is 77.4 Å². The molecular weight excluding hydrogens is 166 g/mol. The highest BCUT2D eigenvalue weighted by Crippen LogP contribution is 1.97. The topological polar surface area (TPSA) is 66.5 Å². The molecule has 0 saturated heterocycles. The summed E-state index contributed by atoms with van der Waals surface area (Å²) in [6.45, 7) is 3.83. The zero-order chi connectivity index (χ0) is 9.68. The first-order chi connectivity index (χ1) is 6.26. The van der Waals surface area contributed by atoms with E-state index in [1.54, 1.807) is 11.0 Å². The Hall–Kier alpha value is -1.41. The van der Waals surface area contributed by atoms with Crippen molar-refractivity contribution in [2.45, 2.75) is 13.5 Å². The number of hydrogen-bond donors (Lipinski definition) is 1. The van der Waals surface area contributed by atoms with Crippen molar-refractivity contribution in [1.82, 2.24) is 20.1 Å². The van der Waals surface area contributed by atoms with Crippen LogP contribution in [0.4, 0.5) is 0 Å². The molecule has 1 heterocycles. The second kappa shape index (κ2) is 4.58. The van der Waals surface area contributed by atoms with Crippen LogP contribution in [0.5, 0.6) is 0 Å². The van der Waals surface area contributed by atoms with Gasteiger partial charge in [0, 0.05) is 6.54 Å². The van der Waals surface area contributed by atoms with Crippen LogP contribution in [0, 0.1) is 17.2 Å². The van der Waals surface area contributed by atoms with E-state index in [0.29, 0.717) is 5.92 Å². The SMILES string of the molecule is CNCC(C)Cn1cnc(C#N)n1. The molecule has 5 nitrogen and oxygen atoms in total. The lowest BCUT2D eigenvalue weighted by Crippen LogP contribution is -2.20. The van der Waals surface area contributed by atoms with Gasteiger partial charge in [-0.2, -0.15) is 5.26 Å². The van der Waals surface area contributed by atoms with Gasteiger partial charge in [0.05, 0.1) is 0 Å². The number of nitrogens with zero attached hydrogens (tertiary/aromatic N) is 4. The zero-order valence-corrected chi connectivity index (χ0v) is 7.86. The van der Waals surface area contributed by atoms with E-state index in [1.165, 1.54) is 0 Å². The molecule has 0 aliphatic carbocycles. The molecule has 1 N–H and O–H groups in total. The fourth-order valence-corrected chi connectivity index (χ4v) is 1.17. The summed E-state index contributed by atoms with van der Waals surface area (Å²) >= 11 is 0. The molecule has 1 aromatic heterocycles. The molecule has 1 unspecified atom stereocenters. The van der Waals surface area contributed by atoms with Crippen LogP contribution in [0.3, 0.4) is 0 Å². The minimum Gasteiger partial charge on any atom is -0.319 e. The van der Waals surface area contributed by atoms with E-state index in [0.717, 1.165) is 13.1 Å². The third kappa shape index (κ3) is 2.84. The first-order valence-electron chi connectivity index (χ1n) is 4.20. The van der Waals surface area contributed by atoms with Gasteiger partial charge in [0.1, 0.15) is 12.4 Å². The summed E-state index contributed by atoms with van der Waals surface area (Å²) in [6, 6.07) is 1.89. The van der Waals surface area contributed by atoms with E-state index in [-0.39, 0.29) is 5.82 Å². The summed E-state index contributed by atoms with van der Waals surface area (Å²) in [5, 5.41) is 15.5. The minimum absolute atomic E-state index is 0.233. The van der Waals surface area contributed by atoms with E-state index in [4.69, 9.17) is 5.26 Å². The molecule has 0 aliphatic rings. The van der Waals surface area contributed by atoms with Crippen molar-refractivity contribution in [3.8, 4) is 6.07 Å². The van der Waals surface area contributed by atoms with Gasteiger partial charge in [0.25, 0.3) is 5.82 Å². The fraction of sp³-hybridized carbons (Fsp3) is 0.625. The van der Waals surface area contributed by atoms with Crippen LogP contribution in [0.25, 0.3) is 0 Å². The molecule has 70 valence electrons. The van der Waals surface area contributed by atoms with Gasteiger partial charge in [0.2, 0.25) is 0 Å². The first-order valence-corrected chi connectivity index (χ1v) is 4.20. The van der Waals surface area contributed by atoms with Crippen LogP contribution in [-0.2, 0) is 6.54 Å². The molecule has 0 amide bonds. The highest BCUT2D eigenvalue weighted by Gasteiger charge is 2.04. The van der Waals surface area contributed by atoms with E-state index in [9.17, 15) is 0 Å². The fourth-order valence-electron chi connectivity index (χ4n) is 1.17. The predicted molar refractivity (Wildman–Crippen MR) is 47.8 cm³/mol. The van der Waals surface area contributed by atoms with Gasteiger partial charge in [-0.05, 0) is 19.5 Å². The largest absolute Gasteiger partial charge is 0.319 e. The molecule has 0 aliphatic heterocycles. The van der Waals surface area contributed by atoms with Crippen molar-refractivity contribution in [1.29, 1.82) is 5.26 Å². The third-order valence-electron chi connectivity index (χ3n) is 1.69. The van der Waals surface area contributed by atoms with Gasteiger partial charge in [-0.1, -0.05) is 6.92 Å². The quantitative estimate of drug-likeness (QED) is 0.706. The normalized spacial score (nSPS) is 12.4. The Bertz CT molecular complexity index is 298. The Morgan fingerprint density at radius 1 is 1.77 bits per heavy atom. The van der Waals surface area contributed by atoms with Crippen molar-refractivity contribution >= 4 is 0 Å². The lowest BCUT2D eigenvalue weighted by Gasteiger charge is -2.09. The summed E-state index contributed by atoms with van der Waals surface area (Å²) in [5.74, 6) is 0.718. The first kappa shape index (κ1) is 9.68. The van der Waals surface area contributed by atoms with Crippen LogP contribution in [0.2, 0.25) is 0 Å². The molecule has 0 radical (unpaired) electrons. The number of nitrogens with one attached hydrogen (secondary N) is 1. The Morgan fingerprint density at radius 3 is 3.08 bits per heavy atom. The highest BCUT2D eigenvalue weighted by atomic mass is 15.3. The Kier molecular flexibility index (Phi) is 3.41. The van der Waals surface area contributed by atoms with Gasteiger partial charge < -0.3 is 5.32 Å². The maximum absolute atomic E-state index is 8.49. The molecule has 0 aromatic carbocycles. The summed E-state index contributed by atoms with van der Waals surface area (Å²) < 4.78 is 1.70. The average Bonchev–Trinajstić information content (AvgIpc) is 2.52. The van der Waals surface area contributed by atoms with Crippen LogP contribution < -0.4 is 5.32 Å². The Morgan fingerprint density at radius 2 is 2.54 bits per heavy atom. The smallest absolute Gasteiger partial charge is 0.252 e. The maximum atomic E-state index is 8.49. The molecule has 5 heteroatoms. The van der Waals surface area contributed by atoms with Crippen molar-refractivity contribution in [2.75, 3.05) is 13.6 Å². The average molecular weight is 179 g/mol. The van der Waals surface area contributed by atoms with E-state index in [1.807, 2.05) is 13.1 Å². The molecule has 13 heavy (non-hydrogen) atoms. The van der Waals surface area contributed by atoms with Gasteiger partial charge in [-0.15, -0.1) is 5.10 Å². The Balaban J connectivity index is 2.50. The van der Waals surface area contributed by atoms with E-state index >= 15 is 0 Å². The molecule has 1 rings (SSSR count). The standard InChI is InChI=1S/C8H13N5/c1-7(4-10-2)5-13-6-11-8(3-9)12-13/h6-7,10H,4-5H2,1-2H3. The zero-order valence-electron chi connectivity index (χ0n) is 7.86. The number of hydrogen-bond acceptors (Lipinski definition) is 4. The lowest BCUT2D eigenvalue weighted by molar-refractivity contribution is 0.434. The van der Waals surface area contributed by atoms with Crippen LogP contribution >= 0.6 is 0 Å². The van der Waals surface area contributed by atoms with Crippen LogP contribution in [0.15, 0.2) is 6.33 Å². The minimum atomic E-state index is 0.233. The molecule has 0 saturated carbocycles. The predicted octanol–water partition coefficient (Wildman–Crippen LogP) is 0.00528. The summed E-state index contributed by atoms with van der Waals surface area (Å²) in [5.41, 5.74) is 0. The summed E-state index contributed by atoms with van der Waals surface area (Å²) in [7, 11) is 1.92. The molecule has 0 fully saturated rings. The second-order valence-electron chi connectivity index (χ2n) is 3.06. The van der Waals surface area contributed by atoms with E-state index in [2.05, 4.69) is 22.3 Å². The number of aromatic nitrogens is 3. The van der Waals surface area contributed by atoms with Crippen LogP contribution in [0.1, 0.15) is 12.7 Å². The highest BCUT2D eigenvalue weighted by molar-refractivity contribution is 5.05. The van der Waals surface area contributed by atoms with Gasteiger partial charge in [0.15, 0.2) is 0 Å². The molecule has 0 bridgehead atoms. The molecular formula is C8H13N5. The summed E-state index contributed by atoms with van der Waals surface area (Å²) in [6.07, 6.45) is 1.59. The monoisotopic (exact) mass is 179 g/mol. The molecule has 1 aromatic rings. The second-order valence-corrected chi connectivity index (χ2v) is 3.06. The molecule has 1 atom stereocenters. The van der Waals surface area contributed by atoms with Gasteiger partial charge in [-0.3, -0.25) is 4.68 Å². The van der Waals surface area contributed by atoms with Crippen molar-refractivity contribution in [3.63, 3.8) is 0 Å². The maximum Gasteiger partial charge on any atom is 0.252 e. The van der Waals surface area contributed by atoms with Gasteiger partial charge in [-0.25, -0.2) is 4.98 Å². The van der Waals surface area contributed by atoms with Crippen LogP contribution in [-0.4, -0.2) is 28.4 Å². The number of rotatable bonds is 4. The number of nitriles is 1. The molecule has 0 spiro atoms. The van der Waals surface area contributed by atoms with Crippen molar-refractivity contribution in [3.05, 3.63) is 12.2 Å². The van der Waals surface area contributed by atoms with E-state index < -0.39 is 0 Å². The lowest BCUT2D eigenvalue weighted by atomic mass is 10.2. The van der Waals surface area contributed by atoms with Crippen molar-refractivity contribution < 1.29 is 0 Å².